The van der Waals surface area contributed by atoms with Crippen LogP contribution in [0.5, 0.6) is 5.75 Å². The van der Waals surface area contributed by atoms with E-state index in [1.807, 2.05) is 58.0 Å². The molecule has 4 N–H and O–H groups in total. The van der Waals surface area contributed by atoms with Crippen molar-refractivity contribution in [2.75, 3.05) is 51.8 Å². The maximum absolute atomic E-state index is 13.4. The predicted molar refractivity (Wildman–Crippen MR) is 152 cm³/mol. The van der Waals surface area contributed by atoms with E-state index in [4.69, 9.17) is 10.5 Å². The highest BCUT2D eigenvalue weighted by Crippen LogP contribution is 2.27. The van der Waals surface area contributed by atoms with Crippen LogP contribution in [0.2, 0.25) is 0 Å². The maximum Gasteiger partial charge on any atom is 0.252 e. The van der Waals surface area contributed by atoms with E-state index in [2.05, 4.69) is 26.2 Å². The molecule has 0 radical (unpaired) electrons. The second-order valence-corrected chi connectivity index (χ2v) is 10.3. The van der Waals surface area contributed by atoms with Gasteiger partial charge in [-0.05, 0) is 74.7 Å². The van der Waals surface area contributed by atoms with Crippen molar-refractivity contribution in [1.29, 1.82) is 0 Å². The van der Waals surface area contributed by atoms with E-state index >= 15 is 0 Å². The van der Waals surface area contributed by atoms with Gasteiger partial charge >= 0.3 is 0 Å². The highest BCUT2D eigenvalue weighted by molar-refractivity contribution is 6.09. The molecule has 3 rings (SSSR count). The molecule has 2 aromatic carbocycles. The zero-order chi connectivity index (χ0) is 27.2. The van der Waals surface area contributed by atoms with Crippen LogP contribution >= 0.6 is 0 Å². The van der Waals surface area contributed by atoms with Gasteiger partial charge < -0.3 is 25.8 Å². The van der Waals surface area contributed by atoms with Crippen molar-refractivity contribution in [2.24, 2.45) is 10.7 Å². The number of allylic oxidation sites excluding steroid dienone is 1. The van der Waals surface area contributed by atoms with Crippen LogP contribution < -0.4 is 20.7 Å². The molecule has 0 aliphatic carbocycles. The molecule has 0 saturated carbocycles. The van der Waals surface area contributed by atoms with Gasteiger partial charge in [0.25, 0.3) is 5.91 Å². The number of amides is 1. The number of hydrogen-bond acceptors (Lipinski definition) is 7. The number of methoxy groups -OCH3 is 1. The van der Waals surface area contributed by atoms with Gasteiger partial charge in [-0.25, -0.2) is 0 Å². The fraction of sp³-hybridized carbons (Fsp3) is 0.448. The number of carbonyl (C=O) groups is 1. The fourth-order valence-corrected chi connectivity index (χ4v) is 4.63. The Hall–Kier alpha value is -3.36. The summed E-state index contributed by atoms with van der Waals surface area (Å²) in [6, 6.07) is 11.6. The molecule has 1 aliphatic rings. The Morgan fingerprint density at radius 3 is 2.51 bits per heavy atom. The lowest BCUT2D eigenvalue weighted by molar-refractivity contribution is 0.0345. The molecule has 1 aliphatic heterocycles. The number of nitrogens with two attached hydrogens (primary N) is 1. The summed E-state index contributed by atoms with van der Waals surface area (Å²) in [6.45, 7) is 11.7. The highest BCUT2D eigenvalue weighted by Gasteiger charge is 2.24. The van der Waals surface area contributed by atoms with Crippen LogP contribution in [0.15, 0.2) is 47.6 Å². The minimum Gasteiger partial charge on any atom is -0.497 e. The zero-order valence-corrected chi connectivity index (χ0v) is 22.9. The number of aliphatic imine (C=N–C) groups is 1. The second-order valence-electron chi connectivity index (χ2n) is 10.3. The average Bonchev–Trinajstić information content (AvgIpc) is 2.86. The van der Waals surface area contributed by atoms with Gasteiger partial charge in [0, 0.05) is 69.0 Å². The van der Waals surface area contributed by atoms with Crippen LogP contribution in [0, 0.1) is 6.92 Å². The predicted octanol–water partition coefficient (Wildman–Crippen LogP) is 3.39. The molecule has 0 unspecified atom stereocenters. The third-order valence-electron chi connectivity index (χ3n) is 6.61. The monoisotopic (exact) mass is 507 g/mol. The number of ether oxygens (including phenoxy) is 1. The molecule has 1 amide bonds. The molecular weight excluding hydrogens is 466 g/mol. The van der Waals surface area contributed by atoms with E-state index in [1.54, 1.807) is 20.4 Å². The third-order valence-corrected chi connectivity index (χ3v) is 6.61. The number of aliphatic hydroxyl groups is 1. The number of aryl methyl sites for hydroxylation is 1. The first-order valence-electron chi connectivity index (χ1n) is 12.7. The number of carbonyl (C=O) groups excluding carboxylic acids is 1. The Kier molecular flexibility index (Phi) is 9.34. The van der Waals surface area contributed by atoms with Crippen LogP contribution in [-0.2, 0) is 0 Å². The van der Waals surface area contributed by atoms with Gasteiger partial charge in [0.2, 0.25) is 0 Å². The van der Waals surface area contributed by atoms with Crippen molar-refractivity contribution in [1.82, 2.24) is 10.2 Å². The van der Waals surface area contributed by atoms with Crippen LogP contribution in [0.3, 0.4) is 0 Å². The maximum atomic E-state index is 13.4. The molecule has 2 aromatic rings. The molecule has 37 heavy (non-hydrogen) atoms. The molecule has 1 fully saturated rings. The first-order chi connectivity index (χ1) is 17.5. The largest absolute Gasteiger partial charge is 0.497 e. The molecule has 0 aromatic heterocycles. The van der Waals surface area contributed by atoms with E-state index in [9.17, 15) is 9.90 Å². The molecule has 1 heterocycles. The summed E-state index contributed by atoms with van der Waals surface area (Å²) in [7, 11) is 3.31. The third kappa shape index (κ3) is 7.57. The number of nitrogens with zero attached hydrogens (tertiary/aromatic N) is 3. The van der Waals surface area contributed by atoms with E-state index in [-0.39, 0.29) is 11.9 Å². The zero-order valence-electron chi connectivity index (χ0n) is 22.9. The summed E-state index contributed by atoms with van der Waals surface area (Å²) in [5.41, 5.74) is 10.3. The first kappa shape index (κ1) is 28.2. The molecule has 200 valence electrons. The van der Waals surface area contributed by atoms with Crippen molar-refractivity contribution in [3.8, 4) is 5.75 Å². The molecule has 8 nitrogen and oxygen atoms in total. The van der Waals surface area contributed by atoms with Gasteiger partial charge in [-0.15, -0.1) is 0 Å². The SMILES string of the molecule is CN=CC(=CN)c1cc(OC)cc([C@@H](C)NC(=O)c2cc(N3CCN(CC(C)(C)O)CC3)ccc2C)c1. The lowest BCUT2D eigenvalue weighted by Gasteiger charge is -2.38. The molecular formula is C29H41N5O3. The fourth-order valence-electron chi connectivity index (χ4n) is 4.63. The summed E-state index contributed by atoms with van der Waals surface area (Å²) in [4.78, 5) is 22.0. The second kappa shape index (κ2) is 12.3. The summed E-state index contributed by atoms with van der Waals surface area (Å²) < 4.78 is 5.50. The molecule has 8 heteroatoms. The topological polar surface area (TPSA) is 103 Å². The highest BCUT2D eigenvalue weighted by atomic mass is 16.5. The van der Waals surface area contributed by atoms with Crippen LogP contribution in [-0.4, -0.2) is 74.6 Å². The average molecular weight is 508 g/mol. The lowest BCUT2D eigenvalue weighted by atomic mass is 9.99. The Morgan fingerprint density at radius 1 is 1.22 bits per heavy atom. The van der Waals surface area contributed by atoms with E-state index < -0.39 is 5.60 Å². The summed E-state index contributed by atoms with van der Waals surface area (Å²) >= 11 is 0. The molecule has 1 saturated heterocycles. The lowest BCUT2D eigenvalue weighted by Crippen LogP contribution is -2.50. The summed E-state index contributed by atoms with van der Waals surface area (Å²) in [6.07, 6.45) is 3.20. The molecule has 1 atom stereocenters. The van der Waals surface area contributed by atoms with Gasteiger partial charge in [-0.3, -0.25) is 14.7 Å². The van der Waals surface area contributed by atoms with Gasteiger partial charge in [-0.2, -0.15) is 0 Å². The van der Waals surface area contributed by atoms with Gasteiger partial charge in [0.1, 0.15) is 5.75 Å². The molecule has 0 spiro atoms. The normalized spacial score (nSPS) is 16.2. The Bertz CT molecular complexity index is 1140. The van der Waals surface area contributed by atoms with Crippen LogP contribution in [0.25, 0.3) is 5.57 Å². The number of nitrogens with one attached hydrogen (secondary N) is 1. The Labute approximate surface area is 220 Å². The van der Waals surface area contributed by atoms with E-state index in [0.717, 1.165) is 54.1 Å². The number of rotatable bonds is 9. The van der Waals surface area contributed by atoms with Gasteiger partial charge in [0.15, 0.2) is 0 Å². The summed E-state index contributed by atoms with van der Waals surface area (Å²) in [5, 5.41) is 13.3. The Balaban J connectivity index is 1.75. The number of piperazine rings is 1. The first-order valence-corrected chi connectivity index (χ1v) is 12.7. The van der Waals surface area contributed by atoms with Crippen molar-refractivity contribution in [3.63, 3.8) is 0 Å². The summed E-state index contributed by atoms with van der Waals surface area (Å²) in [5.74, 6) is 0.556. The van der Waals surface area contributed by atoms with Gasteiger partial charge in [0.05, 0.1) is 18.8 Å². The minimum absolute atomic E-state index is 0.124. The molecule has 0 bridgehead atoms. The number of β-amino-alcohol motifs (C(OH)–C–C–N with tert-alkyl or cyclic N) is 1. The van der Waals surface area contributed by atoms with Crippen molar-refractivity contribution in [3.05, 3.63) is 64.9 Å². The number of hydrogen-bond donors (Lipinski definition) is 3. The Morgan fingerprint density at radius 2 is 1.92 bits per heavy atom. The standard InChI is InChI=1S/C29H41N5O3/c1-20-7-8-25(34-11-9-33(10-12-34)19-29(3,4)36)16-27(20)28(35)32-21(2)22-13-23(15-26(14-22)37-6)24(17-30)18-31-5/h7-8,13-18,21,36H,9-12,19,30H2,1-6H3,(H,32,35)/t21-/m1/s1. The number of benzene rings is 2. The minimum atomic E-state index is -0.705. The van der Waals surface area contributed by atoms with Crippen molar-refractivity contribution < 1.29 is 14.6 Å². The van der Waals surface area contributed by atoms with Crippen LogP contribution in [0.4, 0.5) is 5.69 Å². The van der Waals surface area contributed by atoms with Crippen molar-refractivity contribution >= 4 is 23.4 Å². The van der Waals surface area contributed by atoms with Crippen LogP contribution in [0.1, 0.15) is 53.9 Å². The quantitative estimate of drug-likeness (QED) is 0.450. The van der Waals surface area contributed by atoms with Crippen molar-refractivity contribution in [2.45, 2.75) is 39.3 Å². The van der Waals surface area contributed by atoms with Gasteiger partial charge in [-0.1, -0.05) is 6.07 Å². The van der Waals surface area contributed by atoms with E-state index in [0.29, 0.717) is 17.9 Å². The van der Waals surface area contributed by atoms with E-state index in [1.165, 1.54) is 6.20 Å². The smallest absolute Gasteiger partial charge is 0.252 e. The number of anilines is 1.